The van der Waals surface area contributed by atoms with Crippen molar-refractivity contribution in [2.45, 2.75) is 36.0 Å². The first kappa shape index (κ1) is 20.9. The lowest BCUT2D eigenvalue weighted by molar-refractivity contribution is 0.274. The molecule has 1 aliphatic heterocycles. The molecule has 0 bridgehead atoms. The van der Waals surface area contributed by atoms with Crippen LogP contribution in [0.4, 0.5) is 0 Å². The molecule has 1 aromatic heterocycles. The molecular formula is C19H25N3O4S2. The van der Waals surface area contributed by atoms with E-state index in [9.17, 15) is 16.8 Å². The van der Waals surface area contributed by atoms with E-state index in [1.165, 1.54) is 22.8 Å². The normalized spacial score (nSPS) is 16.9. The maximum atomic E-state index is 12.6. The second-order valence-electron chi connectivity index (χ2n) is 6.89. The molecule has 2 heterocycles. The first-order valence-electron chi connectivity index (χ1n) is 9.31. The molecule has 0 aliphatic carbocycles. The van der Waals surface area contributed by atoms with E-state index in [1.54, 1.807) is 18.2 Å². The van der Waals surface area contributed by atoms with Crippen molar-refractivity contribution in [3.05, 3.63) is 54.4 Å². The highest BCUT2D eigenvalue weighted by Crippen LogP contribution is 2.23. The summed E-state index contributed by atoms with van der Waals surface area (Å²) in [5, 5.41) is 0. The van der Waals surface area contributed by atoms with Gasteiger partial charge in [-0.3, -0.25) is 4.98 Å². The third-order valence-corrected chi connectivity index (χ3v) is 8.37. The second-order valence-corrected chi connectivity index (χ2v) is 10.6. The number of piperidine rings is 1. The Kier molecular flexibility index (Phi) is 6.49. The highest BCUT2D eigenvalue weighted by atomic mass is 32.2. The number of pyridine rings is 1. The lowest BCUT2D eigenvalue weighted by Gasteiger charge is -2.31. The monoisotopic (exact) mass is 423 g/mol. The van der Waals surface area contributed by atoms with Gasteiger partial charge < -0.3 is 0 Å². The van der Waals surface area contributed by atoms with Crippen LogP contribution in [0.1, 0.15) is 25.3 Å². The fourth-order valence-electron chi connectivity index (χ4n) is 3.22. The van der Waals surface area contributed by atoms with E-state index in [0.717, 1.165) is 12.0 Å². The number of aromatic nitrogens is 1. The van der Waals surface area contributed by atoms with Crippen LogP contribution in [0.25, 0.3) is 0 Å². The van der Waals surface area contributed by atoms with E-state index in [0.29, 0.717) is 32.5 Å². The van der Waals surface area contributed by atoms with Gasteiger partial charge in [0.15, 0.2) is 0 Å². The quantitative estimate of drug-likeness (QED) is 0.735. The Bertz CT molecular complexity index is 983. The molecule has 1 saturated heterocycles. The Morgan fingerprint density at radius 1 is 1.04 bits per heavy atom. The van der Waals surface area contributed by atoms with E-state index in [1.807, 2.05) is 19.1 Å². The molecule has 0 spiro atoms. The molecule has 0 unspecified atom stereocenters. The average Bonchev–Trinajstić information content (AvgIpc) is 2.73. The van der Waals surface area contributed by atoms with Gasteiger partial charge in [0.2, 0.25) is 20.0 Å². The molecule has 1 aromatic carbocycles. The molecule has 1 fully saturated rings. The number of aryl methyl sites for hydroxylation is 1. The predicted octanol–water partition coefficient (Wildman–Crippen LogP) is 2.02. The van der Waals surface area contributed by atoms with Gasteiger partial charge in [0.1, 0.15) is 4.90 Å². The van der Waals surface area contributed by atoms with Gasteiger partial charge in [0.05, 0.1) is 4.90 Å². The summed E-state index contributed by atoms with van der Waals surface area (Å²) >= 11 is 0. The number of rotatable bonds is 7. The van der Waals surface area contributed by atoms with Gasteiger partial charge in [-0.1, -0.05) is 19.1 Å². The Labute approximate surface area is 166 Å². The maximum absolute atomic E-state index is 12.6. The number of benzene rings is 1. The molecule has 7 nitrogen and oxygen atoms in total. The van der Waals surface area contributed by atoms with Crippen molar-refractivity contribution in [1.29, 1.82) is 0 Å². The Balaban J connectivity index is 1.55. The van der Waals surface area contributed by atoms with E-state index in [-0.39, 0.29) is 15.7 Å². The summed E-state index contributed by atoms with van der Waals surface area (Å²) in [6.07, 6.45) is 4.95. The number of nitrogens with one attached hydrogen (secondary N) is 1. The number of nitrogens with zero attached hydrogens (tertiary/aromatic N) is 2. The third kappa shape index (κ3) is 4.78. The summed E-state index contributed by atoms with van der Waals surface area (Å²) < 4.78 is 54.3. The maximum Gasteiger partial charge on any atom is 0.244 e. The zero-order chi connectivity index (χ0) is 20.2. The van der Waals surface area contributed by atoms with Gasteiger partial charge in [-0.15, -0.1) is 0 Å². The molecule has 1 aliphatic rings. The van der Waals surface area contributed by atoms with Crippen LogP contribution in [0.15, 0.2) is 58.6 Å². The van der Waals surface area contributed by atoms with Crippen molar-refractivity contribution in [3.63, 3.8) is 0 Å². The Morgan fingerprint density at radius 3 is 2.29 bits per heavy atom. The lowest BCUT2D eigenvalue weighted by Crippen LogP contribution is -2.41. The van der Waals surface area contributed by atoms with E-state index < -0.39 is 20.0 Å². The van der Waals surface area contributed by atoms with Crippen molar-refractivity contribution < 1.29 is 16.8 Å². The molecule has 0 amide bonds. The Morgan fingerprint density at radius 2 is 1.71 bits per heavy atom. The standard InChI is InChI=1S/C19H25N3O4S2/c1-2-16-5-7-18(8-6-16)27(23,24)21-14-17-9-12-22(13-10-17)28(25,26)19-4-3-11-20-15-19/h3-8,11,15,17,21H,2,9-10,12-14H2,1H3. The van der Waals surface area contributed by atoms with Crippen LogP contribution in [0.3, 0.4) is 0 Å². The number of hydrogen-bond acceptors (Lipinski definition) is 5. The summed E-state index contributed by atoms with van der Waals surface area (Å²) in [6, 6.07) is 10.00. The molecule has 0 radical (unpaired) electrons. The minimum absolute atomic E-state index is 0.102. The zero-order valence-corrected chi connectivity index (χ0v) is 17.4. The number of hydrogen-bond donors (Lipinski definition) is 1. The summed E-state index contributed by atoms with van der Waals surface area (Å²) in [5.74, 6) is 0.102. The summed E-state index contributed by atoms with van der Waals surface area (Å²) in [5.41, 5.74) is 1.08. The molecule has 1 N–H and O–H groups in total. The molecule has 0 saturated carbocycles. The topological polar surface area (TPSA) is 96.4 Å². The molecular weight excluding hydrogens is 398 g/mol. The van der Waals surface area contributed by atoms with Gasteiger partial charge >= 0.3 is 0 Å². The van der Waals surface area contributed by atoms with E-state index in [4.69, 9.17) is 0 Å². The molecule has 9 heteroatoms. The molecule has 0 atom stereocenters. The minimum Gasteiger partial charge on any atom is -0.263 e. The first-order chi connectivity index (χ1) is 13.3. The van der Waals surface area contributed by atoms with Crippen LogP contribution in [-0.4, -0.2) is 45.8 Å². The van der Waals surface area contributed by atoms with Crippen LogP contribution in [-0.2, 0) is 26.5 Å². The zero-order valence-electron chi connectivity index (χ0n) is 15.8. The van der Waals surface area contributed by atoms with E-state index in [2.05, 4.69) is 9.71 Å². The molecule has 2 aromatic rings. The van der Waals surface area contributed by atoms with Crippen molar-refractivity contribution in [2.24, 2.45) is 5.92 Å². The highest BCUT2D eigenvalue weighted by molar-refractivity contribution is 7.89. The van der Waals surface area contributed by atoms with Crippen LogP contribution in [0, 0.1) is 5.92 Å². The fourth-order valence-corrected chi connectivity index (χ4v) is 5.77. The largest absolute Gasteiger partial charge is 0.263 e. The van der Waals surface area contributed by atoms with Crippen molar-refractivity contribution in [1.82, 2.24) is 14.0 Å². The molecule has 152 valence electrons. The number of sulfonamides is 2. The van der Waals surface area contributed by atoms with Crippen molar-refractivity contribution >= 4 is 20.0 Å². The highest BCUT2D eigenvalue weighted by Gasteiger charge is 2.30. The Hall–Kier alpha value is -1.81. The van der Waals surface area contributed by atoms with Gasteiger partial charge in [-0.25, -0.2) is 21.6 Å². The minimum atomic E-state index is -3.56. The van der Waals surface area contributed by atoms with Gasteiger partial charge in [0.25, 0.3) is 0 Å². The predicted molar refractivity (Wildman–Crippen MR) is 107 cm³/mol. The summed E-state index contributed by atoms with van der Waals surface area (Å²) in [6.45, 7) is 3.06. The van der Waals surface area contributed by atoms with Gasteiger partial charge in [0, 0.05) is 32.0 Å². The molecule has 3 rings (SSSR count). The second kappa shape index (κ2) is 8.69. The summed E-state index contributed by atoms with van der Waals surface area (Å²) in [7, 11) is -7.11. The van der Waals surface area contributed by atoms with Crippen molar-refractivity contribution in [3.8, 4) is 0 Å². The first-order valence-corrected chi connectivity index (χ1v) is 12.2. The summed E-state index contributed by atoms with van der Waals surface area (Å²) in [4.78, 5) is 4.31. The van der Waals surface area contributed by atoms with Crippen molar-refractivity contribution in [2.75, 3.05) is 19.6 Å². The van der Waals surface area contributed by atoms with Crippen LogP contribution in [0.5, 0.6) is 0 Å². The third-order valence-electron chi connectivity index (χ3n) is 5.05. The van der Waals surface area contributed by atoms with E-state index >= 15 is 0 Å². The van der Waals surface area contributed by atoms with Gasteiger partial charge in [-0.2, -0.15) is 4.31 Å². The van der Waals surface area contributed by atoms with Crippen LogP contribution >= 0.6 is 0 Å². The fraction of sp³-hybridized carbons (Fsp3) is 0.421. The van der Waals surface area contributed by atoms with Crippen LogP contribution in [0.2, 0.25) is 0 Å². The molecule has 28 heavy (non-hydrogen) atoms. The SMILES string of the molecule is CCc1ccc(S(=O)(=O)NCC2CCN(S(=O)(=O)c3cccnc3)CC2)cc1. The average molecular weight is 424 g/mol. The van der Waals surface area contributed by atoms with Gasteiger partial charge in [-0.05, 0) is 55.0 Å². The smallest absolute Gasteiger partial charge is 0.244 e. The van der Waals surface area contributed by atoms with Crippen LogP contribution < -0.4 is 4.72 Å². The lowest BCUT2D eigenvalue weighted by atomic mass is 9.99.